The number of halogens is 1. The van der Waals surface area contributed by atoms with Gasteiger partial charge in [0.1, 0.15) is 5.01 Å². The molecule has 0 aliphatic carbocycles. The summed E-state index contributed by atoms with van der Waals surface area (Å²) >= 11 is 4.55. The topological polar surface area (TPSA) is 112 Å². The summed E-state index contributed by atoms with van der Waals surface area (Å²) in [6.07, 6.45) is 1.59. The van der Waals surface area contributed by atoms with Gasteiger partial charge in [0.2, 0.25) is 17.8 Å². The highest BCUT2D eigenvalue weighted by Gasteiger charge is 2.17. The number of nitrogens with zero attached hydrogens (tertiary/aromatic N) is 3. The quantitative estimate of drug-likeness (QED) is 0.607. The van der Waals surface area contributed by atoms with Gasteiger partial charge in [-0.3, -0.25) is 4.79 Å². The number of nitrogen functional groups attached to an aromatic ring is 1. The van der Waals surface area contributed by atoms with Gasteiger partial charge in [0.25, 0.3) is 0 Å². The normalized spacial score (nSPS) is 12.8. The summed E-state index contributed by atoms with van der Waals surface area (Å²) in [5.41, 5.74) is 8.62. The minimum atomic E-state index is -0.299. The summed E-state index contributed by atoms with van der Waals surface area (Å²) in [6.45, 7) is 0.191. The van der Waals surface area contributed by atoms with Crippen LogP contribution in [0.15, 0.2) is 21.7 Å². The fourth-order valence-corrected chi connectivity index (χ4v) is 2.94. The van der Waals surface area contributed by atoms with Crippen LogP contribution in [-0.2, 0) is 11.2 Å². The molecule has 114 valence electrons. The molecule has 22 heavy (non-hydrogen) atoms. The number of amides is 1. The van der Waals surface area contributed by atoms with Gasteiger partial charge in [-0.05, 0) is 33.6 Å². The van der Waals surface area contributed by atoms with Crippen LogP contribution in [0, 0.1) is 0 Å². The van der Waals surface area contributed by atoms with E-state index >= 15 is 0 Å². The molecule has 0 saturated carbocycles. The van der Waals surface area contributed by atoms with Crippen molar-refractivity contribution in [2.24, 2.45) is 5.10 Å². The summed E-state index contributed by atoms with van der Waals surface area (Å²) in [5.74, 6) is 0.994. The van der Waals surface area contributed by atoms with Gasteiger partial charge in [-0.25, -0.2) is 5.43 Å². The lowest BCUT2D eigenvalue weighted by atomic mass is 10.2. The van der Waals surface area contributed by atoms with Crippen molar-refractivity contribution in [3.05, 3.63) is 27.2 Å². The number of carbonyl (C=O) groups excluding carboxylic acids is 1. The molecule has 0 fully saturated rings. The molecule has 0 saturated heterocycles. The van der Waals surface area contributed by atoms with Crippen molar-refractivity contribution in [2.45, 2.75) is 6.42 Å². The van der Waals surface area contributed by atoms with E-state index in [1.165, 1.54) is 17.6 Å². The van der Waals surface area contributed by atoms with Crippen molar-refractivity contribution in [3.8, 4) is 11.5 Å². The molecule has 3 rings (SSSR count). The second kappa shape index (κ2) is 6.28. The van der Waals surface area contributed by atoms with Crippen molar-refractivity contribution in [1.82, 2.24) is 15.6 Å². The number of benzene rings is 1. The standard InChI is InChI=1S/C12H10BrN5O3S/c13-7-1-6(2-8-11(7)21-5-20-8)4-15-16-9(19)3-10-17-18-12(14)22-10/h1-2,4H,3,5H2,(H2,14,18)(H,16,19). The molecule has 0 atom stereocenters. The zero-order valence-corrected chi connectivity index (χ0v) is 13.5. The summed E-state index contributed by atoms with van der Waals surface area (Å²) < 4.78 is 11.4. The lowest BCUT2D eigenvalue weighted by Gasteiger charge is -2.01. The molecule has 1 amide bonds. The number of fused-ring (bicyclic) bond motifs is 1. The van der Waals surface area contributed by atoms with Crippen LogP contribution < -0.4 is 20.6 Å². The van der Waals surface area contributed by atoms with Crippen LogP contribution in [0.3, 0.4) is 0 Å². The molecule has 2 heterocycles. The van der Waals surface area contributed by atoms with Crippen LogP contribution in [-0.4, -0.2) is 29.1 Å². The number of carbonyl (C=O) groups is 1. The van der Waals surface area contributed by atoms with E-state index in [1.807, 2.05) is 6.07 Å². The number of anilines is 1. The summed E-state index contributed by atoms with van der Waals surface area (Å²) in [4.78, 5) is 11.7. The highest BCUT2D eigenvalue weighted by molar-refractivity contribution is 9.10. The van der Waals surface area contributed by atoms with Crippen molar-refractivity contribution in [2.75, 3.05) is 12.5 Å². The number of hydrazone groups is 1. The van der Waals surface area contributed by atoms with E-state index in [9.17, 15) is 4.79 Å². The first kappa shape index (κ1) is 14.7. The minimum absolute atomic E-state index is 0.0804. The van der Waals surface area contributed by atoms with Crippen LogP contribution in [0.5, 0.6) is 11.5 Å². The Labute approximate surface area is 137 Å². The fourth-order valence-electron chi connectivity index (χ4n) is 1.76. The van der Waals surface area contributed by atoms with Crippen LogP contribution in [0.4, 0.5) is 5.13 Å². The maximum absolute atomic E-state index is 11.7. The van der Waals surface area contributed by atoms with Gasteiger partial charge in [-0.15, -0.1) is 10.2 Å². The van der Waals surface area contributed by atoms with Gasteiger partial charge in [0.15, 0.2) is 11.5 Å². The van der Waals surface area contributed by atoms with Gasteiger partial charge >= 0.3 is 0 Å². The number of ether oxygens (including phenoxy) is 2. The Balaban J connectivity index is 1.60. The average Bonchev–Trinajstić information content (AvgIpc) is 3.08. The molecule has 1 aromatic carbocycles. The molecule has 0 bridgehead atoms. The Kier molecular flexibility index (Phi) is 4.20. The first-order valence-electron chi connectivity index (χ1n) is 6.11. The minimum Gasteiger partial charge on any atom is -0.454 e. The predicted octanol–water partition coefficient (Wildman–Crippen LogP) is 1.30. The highest BCUT2D eigenvalue weighted by Crippen LogP contribution is 2.39. The molecule has 10 heteroatoms. The smallest absolute Gasteiger partial charge is 0.247 e. The van der Waals surface area contributed by atoms with Crippen LogP contribution in [0.2, 0.25) is 0 Å². The molecule has 3 N–H and O–H groups in total. The van der Waals surface area contributed by atoms with E-state index in [0.717, 1.165) is 10.0 Å². The molecule has 1 aliphatic rings. The molecular weight excluding hydrogens is 374 g/mol. The summed E-state index contributed by atoms with van der Waals surface area (Å²) in [5, 5.41) is 12.2. The van der Waals surface area contributed by atoms with E-state index in [-0.39, 0.29) is 19.1 Å². The Bertz CT molecular complexity index is 748. The zero-order valence-electron chi connectivity index (χ0n) is 11.1. The van der Waals surface area contributed by atoms with E-state index in [1.54, 1.807) is 6.07 Å². The Morgan fingerprint density at radius 1 is 1.50 bits per heavy atom. The van der Waals surface area contributed by atoms with E-state index in [2.05, 4.69) is 36.7 Å². The fraction of sp³-hybridized carbons (Fsp3) is 0.167. The van der Waals surface area contributed by atoms with Crippen molar-refractivity contribution >= 4 is 44.5 Å². The zero-order chi connectivity index (χ0) is 15.5. The van der Waals surface area contributed by atoms with Gasteiger partial charge in [0.05, 0.1) is 17.1 Å². The van der Waals surface area contributed by atoms with Crippen LogP contribution in [0.25, 0.3) is 0 Å². The third-order valence-corrected chi connectivity index (χ3v) is 3.99. The number of hydrogen-bond donors (Lipinski definition) is 2. The average molecular weight is 384 g/mol. The molecule has 0 unspecified atom stereocenters. The largest absolute Gasteiger partial charge is 0.454 e. The third-order valence-electron chi connectivity index (χ3n) is 2.65. The third kappa shape index (κ3) is 3.34. The van der Waals surface area contributed by atoms with E-state index in [4.69, 9.17) is 15.2 Å². The number of aromatic nitrogens is 2. The number of rotatable bonds is 4. The first-order chi connectivity index (χ1) is 10.6. The monoisotopic (exact) mass is 383 g/mol. The maximum Gasteiger partial charge on any atom is 0.247 e. The molecule has 0 spiro atoms. The molecule has 1 aliphatic heterocycles. The molecule has 0 radical (unpaired) electrons. The van der Waals surface area contributed by atoms with Crippen molar-refractivity contribution < 1.29 is 14.3 Å². The summed E-state index contributed by atoms with van der Waals surface area (Å²) in [6, 6.07) is 3.59. The van der Waals surface area contributed by atoms with Gasteiger partial charge < -0.3 is 15.2 Å². The molecule has 1 aromatic heterocycles. The number of nitrogens with one attached hydrogen (secondary N) is 1. The second-order valence-corrected chi connectivity index (χ2v) is 6.19. The lowest BCUT2D eigenvalue weighted by Crippen LogP contribution is -2.19. The van der Waals surface area contributed by atoms with E-state index in [0.29, 0.717) is 21.6 Å². The van der Waals surface area contributed by atoms with Crippen molar-refractivity contribution in [3.63, 3.8) is 0 Å². The van der Waals surface area contributed by atoms with Crippen molar-refractivity contribution in [1.29, 1.82) is 0 Å². The Morgan fingerprint density at radius 2 is 2.36 bits per heavy atom. The molecular formula is C12H10BrN5O3S. The molecule has 8 nitrogen and oxygen atoms in total. The number of nitrogens with two attached hydrogens (primary N) is 1. The van der Waals surface area contributed by atoms with Crippen LogP contribution >= 0.6 is 27.3 Å². The van der Waals surface area contributed by atoms with Crippen LogP contribution in [0.1, 0.15) is 10.6 Å². The second-order valence-electron chi connectivity index (χ2n) is 4.24. The predicted molar refractivity (Wildman–Crippen MR) is 84.0 cm³/mol. The van der Waals surface area contributed by atoms with Gasteiger partial charge in [-0.1, -0.05) is 11.3 Å². The SMILES string of the molecule is Nc1nnc(CC(=O)NN=Cc2cc(Br)c3c(c2)OCO3)s1. The Morgan fingerprint density at radius 3 is 3.14 bits per heavy atom. The highest BCUT2D eigenvalue weighted by atomic mass is 79.9. The lowest BCUT2D eigenvalue weighted by molar-refractivity contribution is -0.120. The van der Waals surface area contributed by atoms with E-state index < -0.39 is 0 Å². The summed E-state index contributed by atoms with van der Waals surface area (Å²) in [7, 11) is 0. The number of hydrogen-bond acceptors (Lipinski definition) is 8. The Hall–Kier alpha value is -2.20. The molecule has 2 aromatic rings. The van der Waals surface area contributed by atoms with Gasteiger partial charge in [0, 0.05) is 0 Å². The maximum atomic E-state index is 11.7. The first-order valence-corrected chi connectivity index (χ1v) is 7.71. The van der Waals surface area contributed by atoms with Gasteiger partial charge in [-0.2, -0.15) is 5.10 Å².